The first-order chi connectivity index (χ1) is 17.7. The van der Waals surface area contributed by atoms with Crippen LogP contribution < -0.4 is 14.8 Å². The molecule has 0 aliphatic rings. The third kappa shape index (κ3) is 8.04. The minimum Gasteiger partial charge on any atom is -0.497 e. The second-order valence-corrected chi connectivity index (χ2v) is 9.26. The van der Waals surface area contributed by atoms with E-state index < -0.39 is 12.1 Å². The van der Waals surface area contributed by atoms with Gasteiger partial charge in [0.25, 0.3) is 0 Å². The van der Waals surface area contributed by atoms with E-state index in [1.807, 2.05) is 24.3 Å². The number of aliphatic hydroxyl groups is 1. The Morgan fingerprint density at radius 2 is 1.89 bits per heavy atom. The van der Waals surface area contributed by atoms with Gasteiger partial charge in [-0.1, -0.05) is 18.2 Å². The van der Waals surface area contributed by atoms with E-state index in [0.717, 1.165) is 23.3 Å². The lowest BCUT2D eigenvalue weighted by atomic mass is 9.94. The van der Waals surface area contributed by atoms with E-state index >= 15 is 0 Å². The van der Waals surface area contributed by atoms with Crippen molar-refractivity contribution in [3.05, 3.63) is 77.6 Å². The summed E-state index contributed by atoms with van der Waals surface area (Å²) in [6.07, 6.45) is 3.04. The molecule has 8 nitrogen and oxygen atoms in total. The van der Waals surface area contributed by atoms with Crippen LogP contribution in [0.4, 0.5) is 0 Å². The quantitative estimate of drug-likeness (QED) is 0.354. The first-order valence-corrected chi connectivity index (χ1v) is 12.1. The molecule has 2 N–H and O–H groups in total. The maximum atomic E-state index is 12.1. The number of hydrogen-bond acceptors (Lipinski definition) is 8. The van der Waals surface area contributed by atoms with Gasteiger partial charge in [0.2, 0.25) is 0 Å². The number of aliphatic hydroxyl groups excluding tert-OH is 1. The molecular weight excluding hydrogens is 470 g/mol. The van der Waals surface area contributed by atoms with E-state index in [2.05, 4.69) is 30.2 Å². The number of esters is 1. The minimum atomic E-state index is -0.792. The van der Waals surface area contributed by atoms with E-state index in [0.29, 0.717) is 29.0 Å². The Balaban J connectivity index is 1.62. The number of aromatic nitrogens is 1. The average Bonchev–Trinajstić information content (AvgIpc) is 2.91. The van der Waals surface area contributed by atoms with Crippen LogP contribution in [0.1, 0.15) is 42.3 Å². The van der Waals surface area contributed by atoms with Crippen LogP contribution in [0.25, 0.3) is 11.1 Å². The van der Waals surface area contributed by atoms with Gasteiger partial charge in [0.15, 0.2) is 0 Å². The van der Waals surface area contributed by atoms with Gasteiger partial charge in [-0.25, -0.2) is 4.79 Å². The Morgan fingerprint density at radius 1 is 1.14 bits per heavy atom. The highest BCUT2D eigenvalue weighted by Gasteiger charge is 2.20. The summed E-state index contributed by atoms with van der Waals surface area (Å²) < 4.78 is 16.1. The standard InChI is InChI=1S/C29H33N3O5/c1-5-36-28(34)24-12-23(16-31-17-24)21-8-9-22(15-30)27(13-21)37-19-25(33)18-32-29(2,3)14-20-6-10-26(35-4)11-7-20/h6-13,16-17,25,32-33H,5,14,18-19H2,1-4H3/t25-/m1/s1. The molecule has 0 aliphatic carbocycles. The van der Waals surface area contributed by atoms with Crippen LogP contribution >= 0.6 is 0 Å². The van der Waals surface area contributed by atoms with E-state index in [9.17, 15) is 15.2 Å². The molecular formula is C29H33N3O5. The topological polar surface area (TPSA) is 114 Å². The van der Waals surface area contributed by atoms with Crippen LogP contribution in [-0.2, 0) is 11.2 Å². The molecule has 1 aromatic heterocycles. The summed E-state index contributed by atoms with van der Waals surface area (Å²) in [7, 11) is 1.64. The molecule has 0 fully saturated rings. The summed E-state index contributed by atoms with van der Waals surface area (Å²) in [6, 6.07) is 16.8. The molecule has 37 heavy (non-hydrogen) atoms. The maximum absolute atomic E-state index is 12.1. The van der Waals surface area contributed by atoms with Crippen molar-refractivity contribution >= 4 is 5.97 Å². The number of β-amino-alcohol motifs (C(OH)–C–C–N with tert-alkyl or cyclic N) is 1. The average molecular weight is 504 g/mol. The van der Waals surface area contributed by atoms with Gasteiger partial charge in [-0.15, -0.1) is 0 Å². The number of methoxy groups -OCH3 is 1. The Hall–Kier alpha value is -3.93. The van der Waals surface area contributed by atoms with Gasteiger partial charge < -0.3 is 24.6 Å². The summed E-state index contributed by atoms with van der Waals surface area (Å²) >= 11 is 0. The molecule has 0 bridgehead atoms. The summed E-state index contributed by atoms with van der Waals surface area (Å²) in [4.78, 5) is 16.2. The molecule has 0 radical (unpaired) electrons. The van der Waals surface area contributed by atoms with Crippen molar-refractivity contribution in [2.24, 2.45) is 0 Å². The summed E-state index contributed by atoms with van der Waals surface area (Å²) in [6.45, 7) is 6.47. The van der Waals surface area contributed by atoms with E-state index in [1.165, 1.54) is 6.20 Å². The molecule has 194 valence electrons. The summed E-state index contributed by atoms with van der Waals surface area (Å²) in [5.74, 6) is 0.705. The minimum absolute atomic E-state index is 0.00483. The second-order valence-electron chi connectivity index (χ2n) is 9.26. The number of pyridine rings is 1. The Morgan fingerprint density at radius 3 is 2.57 bits per heavy atom. The fraction of sp³-hybridized carbons (Fsp3) is 0.345. The molecule has 2 aromatic carbocycles. The van der Waals surface area contributed by atoms with Crippen LogP contribution in [0.2, 0.25) is 0 Å². The molecule has 1 atom stereocenters. The highest BCUT2D eigenvalue weighted by atomic mass is 16.5. The number of nitrogens with zero attached hydrogens (tertiary/aromatic N) is 2. The first-order valence-electron chi connectivity index (χ1n) is 12.1. The predicted molar refractivity (Wildman–Crippen MR) is 141 cm³/mol. The van der Waals surface area contributed by atoms with Crippen molar-refractivity contribution in [2.75, 3.05) is 26.9 Å². The zero-order valence-electron chi connectivity index (χ0n) is 21.7. The largest absolute Gasteiger partial charge is 0.497 e. The predicted octanol–water partition coefficient (Wildman–Crippen LogP) is 4.16. The van der Waals surface area contributed by atoms with E-state index in [1.54, 1.807) is 44.5 Å². The third-order valence-corrected chi connectivity index (χ3v) is 5.74. The van der Waals surface area contributed by atoms with E-state index in [-0.39, 0.29) is 18.8 Å². The fourth-order valence-corrected chi connectivity index (χ4v) is 3.79. The molecule has 0 unspecified atom stereocenters. The van der Waals surface area contributed by atoms with Crippen LogP contribution in [0.3, 0.4) is 0 Å². The van der Waals surface area contributed by atoms with Crippen molar-refractivity contribution in [1.82, 2.24) is 10.3 Å². The monoisotopic (exact) mass is 503 g/mol. The SMILES string of the molecule is CCOC(=O)c1cncc(-c2ccc(C#N)c(OC[C@H](O)CNC(C)(C)Cc3ccc(OC)cc3)c2)c1. The van der Waals surface area contributed by atoms with Gasteiger partial charge in [0.05, 0.1) is 24.8 Å². The van der Waals surface area contributed by atoms with Crippen molar-refractivity contribution in [2.45, 2.75) is 38.8 Å². The summed E-state index contributed by atoms with van der Waals surface area (Å²) in [5.41, 5.74) is 2.98. The molecule has 0 aliphatic heterocycles. The number of benzene rings is 2. The van der Waals surface area contributed by atoms with Gasteiger partial charge in [0.1, 0.15) is 30.3 Å². The molecule has 0 spiro atoms. The number of ether oxygens (including phenoxy) is 3. The van der Waals surface area contributed by atoms with Crippen molar-refractivity contribution < 1.29 is 24.1 Å². The lowest BCUT2D eigenvalue weighted by Crippen LogP contribution is -2.46. The number of hydrogen-bond donors (Lipinski definition) is 2. The first kappa shape index (κ1) is 27.7. The molecule has 8 heteroatoms. The lowest BCUT2D eigenvalue weighted by Gasteiger charge is -2.28. The maximum Gasteiger partial charge on any atom is 0.339 e. The summed E-state index contributed by atoms with van der Waals surface area (Å²) in [5, 5.41) is 23.5. The number of nitriles is 1. The fourth-order valence-electron chi connectivity index (χ4n) is 3.79. The normalized spacial score (nSPS) is 11.9. The van der Waals surface area contributed by atoms with Gasteiger partial charge >= 0.3 is 5.97 Å². The van der Waals surface area contributed by atoms with Crippen molar-refractivity contribution in [3.8, 4) is 28.7 Å². The van der Waals surface area contributed by atoms with Gasteiger partial charge in [-0.05, 0) is 68.7 Å². The van der Waals surface area contributed by atoms with Crippen molar-refractivity contribution in [3.63, 3.8) is 0 Å². The van der Waals surface area contributed by atoms with Crippen molar-refractivity contribution in [1.29, 1.82) is 5.26 Å². The number of carbonyl (C=O) groups excluding carboxylic acids is 1. The molecule has 0 saturated carbocycles. The zero-order chi connectivity index (χ0) is 26.8. The Labute approximate surface area is 217 Å². The Kier molecular flexibility index (Phi) is 9.61. The Bertz CT molecular complexity index is 1240. The second kappa shape index (κ2) is 12.9. The number of nitrogens with one attached hydrogen (secondary N) is 1. The number of rotatable bonds is 12. The van der Waals surface area contributed by atoms with Crippen LogP contribution in [-0.4, -0.2) is 54.6 Å². The van der Waals surface area contributed by atoms with Gasteiger partial charge in [-0.2, -0.15) is 5.26 Å². The molecule has 0 saturated heterocycles. The third-order valence-electron chi connectivity index (χ3n) is 5.74. The molecule has 0 amide bonds. The highest BCUT2D eigenvalue weighted by molar-refractivity contribution is 5.90. The zero-order valence-corrected chi connectivity index (χ0v) is 21.7. The highest BCUT2D eigenvalue weighted by Crippen LogP contribution is 2.27. The van der Waals surface area contributed by atoms with E-state index in [4.69, 9.17) is 14.2 Å². The lowest BCUT2D eigenvalue weighted by molar-refractivity contribution is 0.0526. The smallest absolute Gasteiger partial charge is 0.339 e. The van der Waals surface area contributed by atoms with Crippen LogP contribution in [0.15, 0.2) is 60.9 Å². The van der Waals surface area contributed by atoms with Crippen LogP contribution in [0.5, 0.6) is 11.5 Å². The number of carbonyl (C=O) groups is 1. The molecule has 3 rings (SSSR count). The van der Waals surface area contributed by atoms with Gasteiger partial charge in [-0.3, -0.25) is 4.98 Å². The van der Waals surface area contributed by atoms with Gasteiger partial charge in [0, 0.05) is 30.0 Å². The molecule has 1 heterocycles. The molecule has 3 aromatic rings. The van der Waals surface area contributed by atoms with Crippen LogP contribution in [0, 0.1) is 11.3 Å².